The topological polar surface area (TPSA) is 112 Å². The van der Waals surface area contributed by atoms with Crippen LogP contribution >= 0.6 is 0 Å². The molecule has 2 amide bonds. The standard InChI is InChI=1S/C21H24N4O4/c26-19(18-15-7-3-1-5-13(15)9-10-23-18)24-16-8-4-2-6-14-11-22-12-17(21(28)29)25(14)20(16)27/h1,3,5,7,9-10,14,16-17,22H,2,4,6,8,11-12H2,(H,24,26)(H,28,29)/t14-,16-,17-/m0/s1. The summed E-state index contributed by atoms with van der Waals surface area (Å²) in [7, 11) is 0. The van der Waals surface area contributed by atoms with Crippen LogP contribution in [0.25, 0.3) is 10.8 Å². The summed E-state index contributed by atoms with van der Waals surface area (Å²) >= 11 is 0. The fourth-order valence-electron chi connectivity index (χ4n) is 4.31. The van der Waals surface area contributed by atoms with Gasteiger partial charge >= 0.3 is 5.97 Å². The third-order valence-electron chi connectivity index (χ3n) is 5.76. The number of benzene rings is 1. The Morgan fingerprint density at radius 1 is 1.14 bits per heavy atom. The highest BCUT2D eigenvalue weighted by atomic mass is 16.4. The fourth-order valence-corrected chi connectivity index (χ4v) is 4.31. The van der Waals surface area contributed by atoms with Crippen molar-refractivity contribution in [2.24, 2.45) is 0 Å². The second-order valence-electron chi connectivity index (χ2n) is 7.60. The molecule has 152 valence electrons. The Labute approximate surface area is 168 Å². The SMILES string of the molecule is O=C(N[C@H]1CCCC[C@H]2CNC[C@@H](C(=O)O)N2C1=O)c1nccc2ccccc12. The second-order valence-corrected chi connectivity index (χ2v) is 7.60. The van der Waals surface area contributed by atoms with Crippen LogP contribution in [0.3, 0.4) is 0 Å². The van der Waals surface area contributed by atoms with Gasteiger partial charge in [-0.25, -0.2) is 4.79 Å². The lowest BCUT2D eigenvalue weighted by atomic mass is 9.94. The molecule has 0 saturated carbocycles. The zero-order valence-electron chi connectivity index (χ0n) is 16.0. The molecule has 0 unspecified atom stereocenters. The highest BCUT2D eigenvalue weighted by Gasteiger charge is 2.41. The molecule has 8 heteroatoms. The van der Waals surface area contributed by atoms with Crippen molar-refractivity contribution in [3.63, 3.8) is 0 Å². The van der Waals surface area contributed by atoms with Crippen LogP contribution in [0.1, 0.15) is 36.2 Å². The summed E-state index contributed by atoms with van der Waals surface area (Å²) in [6, 6.07) is 7.43. The number of nitrogens with zero attached hydrogens (tertiary/aromatic N) is 2. The Morgan fingerprint density at radius 3 is 2.76 bits per heavy atom. The van der Waals surface area contributed by atoms with Crippen LogP contribution in [0.15, 0.2) is 36.5 Å². The van der Waals surface area contributed by atoms with E-state index in [9.17, 15) is 19.5 Å². The first-order valence-corrected chi connectivity index (χ1v) is 9.96. The van der Waals surface area contributed by atoms with E-state index in [-0.39, 0.29) is 24.2 Å². The predicted molar refractivity (Wildman–Crippen MR) is 106 cm³/mol. The van der Waals surface area contributed by atoms with Crippen LogP contribution in [-0.2, 0) is 9.59 Å². The van der Waals surface area contributed by atoms with Crippen molar-refractivity contribution in [3.05, 3.63) is 42.2 Å². The van der Waals surface area contributed by atoms with Crippen LogP contribution in [0.2, 0.25) is 0 Å². The lowest BCUT2D eigenvalue weighted by Crippen LogP contribution is -2.65. The van der Waals surface area contributed by atoms with Gasteiger partial charge in [-0.2, -0.15) is 0 Å². The third kappa shape index (κ3) is 3.80. The maximum atomic E-state index is 13.3. The van der Waals surface area contributed by atoms with Crippen molar-refractivity contribution in [2.45, 2.75) is 43.8 Å². The number of aromatic nitrogens is 1. The maximum absolute atomic E-state index is 13.3. The molecule has 0 spiro atoms. The summed E-state index contributed by atoms with van der Waals surface area (Å²) in [5, 5.41) is 17.1. The molecule has 3 atom stereocenters. The average Bonchev–Trinajstić information content (AvgIpc) is 2.73. The van der Waals surface area contributed by atoms with E-state index < -0.39 is 24.0 Å². The first kappa shape index (κ1) is 19.3. The van der Waals surface area contributed by atoms with Gasteiger partial charge in [0, 0.05) is 30.7 Å². The molecule has 29 heavy (non-hydrogen) atoms. The molecule has 2 aliphatic rings. The first-order chi connectivity index (χ1) is 14.1. The van der Waals surface area contributed by atoms with E-state index in [1.807, 2.05) is 30.3 Å². The minimum atomic E-state index is -1.03. The zero-order chi connectivity index (χ0) is 20.4. The van der Waals surface area contributed by atoms with Crippen molar-refractivity contribution >= 4 is 28.6 Å². The largest absolute Gasteiger partial charge is 0.480 e. The van der Waals surface area contributed by atoms with Crippen molar-refractivity contribution in [3.8, 4) is 0 Å². The number of hydrogen-bond acceptors (Lipinski definition) is 5. The normalized spacial score (nSPS) is 25.0. The molecule has 3 heterocycles. The van der Waals surface area contributed by atoms with Crippen molar-refractivity contribution in [2.75, 3.05) is 13.1 Å². The number of nitrogens with one attached hydrogen (secondary N) is 2. The van der Waals surface area contributed by atoms with Crippen LogP contribution in [-0.4, -0.2) is 64.0 Å². The average molecular weight is 396 g/mol. The molecule has 2 aliphatic heterocycles. The summed E-state index contributed by atoms with van der Waals surface area (Å²) in [6.07, 6.45) is 4.49. The Morgan fingerprint density at radius 2 is 1.93 bits per heavy atom. The molecule has 8 nitrogen and oxygen atoms in total. The molecule has 0 radical (unpaired) electrons. The minimum absolute atomic E-state index is 0.173. The van der Waals surface area contributed by atoms with Crippen LogP contribution in [0.4, 0.5) is 0 Å². The number of carbonyl (C=O) groups is 3. The van der Waals surface area contributed by atoms with E-state index in [4.69, 9.17) is 0 Å². The predicted octanol–water partition coefficient (Wildman–Crippen LogP) is 1.16. The van der Waals surface area contributed by atoms with Gasteiger partial charge in [-0.3, -0.25) is 14.6 Å². The monoisotopic (exact) mass is 396 g/mol. The summed E-state index contributed by atoms with van der Waals surface area (Å²) in [6.45, 7) is 0.782. The van der Waals surface area contributed by atoms with E-state index in [0.29, 0.717) is 18.4 Å². The number of aliphatic carboxylic acids is 1. The number of pyridine rings is 1. The molecule has 4 rings (SSSR count). The first-order valence-electron chi connectivity index (χ1n) is 9.96. The molecule has 0 bridgehead atoms. The Hall–Kier alpha value is -3.00. The van der Waals surface area contributed by atoms with E-state index in [1.165, 1.54) is 4.90 Å². The molecule has 3 N–H and O–H groups in total. The number of amides is 2. The number of carboxylic acids is 1. The lowest BCUT2D eigenvalue weighted by molar-refractivity contribution is -0.155. The Bertz CT molecular complexity index is 942. The van der Waals surface area contributed by atoms with Gasteiger partial charge in [-0.05, 0) is 24.3 Å². The third-order valence-corrected chi connectivity index (χ3v) is 5.76. The Kier molecular flexibility index (Phi) is 5.44. The molecule has 2 saturated heterocycles. The van der Waals surface area contributed by atoms with Gasteiger partial charge in [-0.1, -0.05) is 37.1 Å². The maximum Gasteiger partial charge on any atom is 0.327 e. The van der Waals surface area contributed by atoms with E-state index in [2.05, 4.69) is 15.6 Å². The fraction of sp³-hybridized carbons (Fsp3) is 0.429. The number of hydrogen-bond donors (Lipinski definition) is 3. The Balaban J connectivity index is 1.60. The highest BCUT2D eigenvalue weighted by molar-refractivity contribution is 6.06. The lowest BCUT2D eigenvalue weighted by Gasteiger charge is -2.43. The van der Waals surface area contributed by atoms with E-state index in [0.717, 1.165) is 24.6 Å². The number of carbonyl (C=O) groups excluding carboxylic acids is 2. The quantitative estimate of drug-likeness (QED) is 0.718. The molecular formula is C21H24N4O4. The van der Waals surface area contributed by atoms with Crippen molar-refractivity contribution < 1.29 is 19.5 Å². The van der Waals surface area contributed by atoms with Crippen LogP contribution in [0.5, 0.6) is 0 Å². The molecule has 1 aromatic heterocycles. The highest BCUT2D eigenvalue weighted by Crippen LogP contribution is 2.23. The van der Waals surface area contributed by atoms with Crippen molar-refractivity contribution in [1.82, 2.24) is 20.5 Å². The number of rotatable bonds is 3. The molecule has 1 aromatic carbocycles. The second kappa shape index (κ2) is 8.16. The van der Waals surface area contributed by atoms with Gasteiger partial charge in [0.15, 0.2) is 0 Å². The summed E-state index contributed by atoms with van der Waals surface area (Å²) < 4.78 is 0. The van der Waals surface area contributed by atoms with E-state index in [1.54, 1.807) is 6.20 Å². The van der Waals surface area contributed by atoms with Gasteiger partial charge in [0.2, 0.25) is 5.91 Å². The van der Waals surface area contributed by atoms with Gasteiger partial charge in [-0.15, -0.1) is 0 Å². The van der Waals surface area contributed by atoms with E-state index >= 15 is 0 Å². The summed E-state index contributed by atoms with van der Waals surface area (Å²) in [5.74, 6) is -1.77. The molecule has 0 aliphatic carbocycles. The van der Waals surface area contributed by atoms with Gasteiger partial charge in [0.05, 0.1) is 0 Å². The molecule has 2 fully saturated rings. The van der Waals surface area contributed by atoms with Crippen LogP contribution < -0.4 is 10.6 Å². The zero-order valence-corrected chi connectivity index (χ0v) is 16.0. The number of carboxylic acid groups (broad SMARTS) is 1. The van der Waals surface area contributed by atoms with Gasteiger partial charge < -0.3 is 20.6 Å². The van der Waals surface area contributed by atoms with Gasteiger partial charge in [0.25, 0.3) is 5.91 Å². The molecular weight excluding hydrogens is 372 g/mol. The summed E-state index contributed by atoms with van der Waals surface area (Å²) in [4.78, 5) is 43.7. The number of piperazine rings is 1. The van der Waals surface area contributed by atoms with Gasteiger partial charge in [0.1, 0.15) is 17.8 Å². The minimum Gasteiger partial charge on any atom is -0.480 e. The van der Waals surface area contributed by atoms with Crippen molar-refractivity contribution in [1.29, 1.82) is 0 Å². The molecule has 2 aromatic rings. The number of fused-ring (bicyclic) bond motifs is 2. The van der Waals surface area contributed by atoms with Crippen LogP contribution in [0, 0.1) is 0 Å². The summed E-state index contributed by atoms with van der Waals surface area (Å²) in [5.41, 5.74) is 0.268. The smallest absolute Gasteiger partial charge is 0.327 e.